The van der Waals surface area contributed by atoms with Crippen molar-refractivity contribution in [3.63, 3.8) is 0 Å². The van der Waals surface area contributed by atoms with Crippen LogP contribution in [0.4, 0.5) is 0 Å². The molecule has 17 nitrogen and oxygen atoms in total. The Balaban J connectivity index is 1.83. The summed E-state index contributed by atoms with van der Waals surface area (Å²) in [6, 6.07) is 1.00. The zero-order valence-corrected chi connectivity index (χ0v) is 18.6. The summed E-state index contributed by atoms with van der Waals surface area (Å²) in [5, 5.41) is 10.8. The molecule has 4 unspecified atom stereocenters. The van der Waals surface area contributed by atoms with Crippen molar-refractivity contribution in [2.45, 2.75) is 42.9 Å². The molecule has 1 aromatic heterocycles. The van der Waals surface area contributed by atoms with Gasteiger partial charge >= 0.3 is 29.2 Å². The Bertz CT molecular complexity index is 1190. The van der Waals surface area contributed by atoms with Crippen LogP contribution in [0.25, 0.3) is 0 Å². The van der Waals surface area contributed by atoms with E-state index < -0.39 is 64.3 Å². The topological polar surface area (TPSA) is 256 Å². The summed E-state index contributed by atoms with van der Waals surface area (Å²) < 4.78 is 52.8. The Morgan fingerprint density at radius 2 is 1.84 bits per heavy atom. The van der Waals surface area contributed by atoms with Gasteiger partial charge in [0.15, 0.2) is 6.23 Å². The van der Waals surface area contributed by atoms with E-state index in [1.807, 2.05) is 4.98 Å². The first-order valence-electron chi connectivity index (χ1n) is 8.42. The van der Waals surface area contributed by atoms with Gasteiger partial charge in [0.05, 0.1) is 0 Å². The molecule has 3 rings (SSSR count). The lowest BCUT2D eigenvalue weighted by atomic mass is 9.91. The molecule has 1 spiro atoms. The maximum atomic E-state index is 12.2. The highest BCUT2D eigenvalue weighted by atomic mass is 31.3. The van der Waals surface area contributed by atoms with Crippen molar-refractivity contribution in [1.82, 2.24) is 9.55 Å². The van der Waals surface area contributed by atoms with Crippen molar-refractivity contribution in [3.8, 4) is 0 Å². The number of aromatic amines is 1. The molecule has 1 aliphatic heterocycles. The number of ether oxygens (including phenoxy) is 1. The number of phosphoric acid groups is 3. The van der Waals surface area contributed by atoms with E-state index in [1.165, 1.54) is 6.92 Å². The Morgan fingerprint density at radius 3 is 2.38 bits per heavy atom. The number of aliphatic imine (C=N–C) groups is 1. The molecule has 32 heavy (non-hydrogen) atoms. The molecular weight excluding hydrogens is 503 g/mol. The maximum Gasteiger partial charge on any atom is 0.490 e. The van der Waals surface area contributed by atoms with E-state index in [0.29, 0.717) is 0 Å². The van der Waals surface area contributed by atoms with E-state index in [9.17, 15) is 38.2 Å². The van der Waals surface area contributed by atoms with Gasteiger partial charge in [-0.25, -0.2) is 18.5 Å². The van der Waals surface area contributed by atoms with Crippen LogP contribution in [-0.4, -0.2) is 64.3 Å². The zero-order chi connectivity index (χ0) is 24.3. The van der Waals surface area contributed by atoms with Gasteiger partial charge in [-0.05, 0) is 13.6 Å². The van der Waals surface area contributed by atoms with Crippen molar-refractivity contribution in [3.05, 3.63) is 33.1 Å². The predicted octanol–water partition coefficient (Wildman–Crippen LogP) is -1.26. The van der Waals surface area contributed by atoms with Crippen molar-refractivity contribution >= 4 is 30.2 Å². The highest BCUT2D eigenvalue weighted by Gasteiger charge is 2.75. The molecule has 2 heterocycles. The number of aromatic nitrogens is 2. The van der Waals surface area contributed by atoms with E-state index in [2.05, 4.69) is 20.3 Å². The second kappa shape index (κ2) is 7.87. The molecule has 6 N–H and O–H groups in total. The molecule has 1 aliphatic carbocycles. The number of hydrogen-bond donors (Lipinski definition) is 6. The largest absolute Gasteiger partial charge is 0.490 e. The summed E-state index contributed by atoms with van der Waals surface area (Å²) in [7, 11) is -16.8. The summed E-state index contributed by atoms with van der Waals surface area (Å²) in [5.41, 5.74) is -4.98. The highest BCUT2D eigenvalue weighted by Crippen LogP contribution is 2.69. The second-order valence-corrected chi connectivity index (χ2v) is 11.5. The lowest BCUT2D eigenvalue weighted by Gasteiger charge is -2.28. The predicted molar refractivity (Wildman–Crippen MR) is 101 cm³/mol. The third kappa shape index (κ3) is 4.80. The summed E-state index contributed by atoms with van der Waals surface area (Å²) in [5.74, 6) is 0. The molecule has 7 atom stereocenters. The quantitative estimate of drug-likeness (QED) is 0.172. The van der Waals surface area contributed by atoms with Crippen LogP contribution < -0.4 is 11.2 Å². The van der Waals surface area contributed by atoms with Crippen molar-refractivity contribution < 1.29 is 56.3 Å². The third-order valence-corrected chi connectivity index (χ3v) is 8.71. The number of nitrogens with zero attached hydrogens (tertiary/aromatic N) is 2. The molecule has 0 bridgehead atoms. The summed E-state index contributed by atoms with van der Waals surface area (Å²) in [4.78, 5) is 65.3. The summed E-state index contributed by atoms with van der Waals surface area (Å²) in [6.07, 6.45) is -3.60. The minimum absolute atomic E-state index is 0.281. The Labute approximate surface area is 177 Å². The van der Waals surface area contributed by atoms with Crippen LogP contribution in [0.1, 0.15) is 19.6 Å². The van der Waals surface area contributed by atoms with E-state index in [-0.39, 0.29) is 6.42 Å². The molecular formula is C12H18N3O14P3. The Morgan fingerprint density at radius 1 is 1.22 bits per heavy atom. The van der Waals surface area contributed by atoms with Gasteiger partial charge in [-0.2, -0.15) is 8.62 Å². The number of H-pyrrole nitrogens is 1. The number of rotatable bonds is 8. The second-order valence-electron chi connectivity index (χ2n) is 7.12. The van der Waals surface area contributed by atoms with Crippen LogP contribution in [0.2, 0.25) is 0 Å². The minimum Gasteiger partial charge on any atom is -0.387 e. The van der Waals surface area contributed by atoms with Crippen molar-refractivity contribution in [2.24, 2.45) is 4.99 Å². The van der Waals surface area contributed by atoms with Gasteiger partial charge in [-0.15, -0.1) is 0 Å². The monoisotopic (exact) mass is 521 g/mol. The first-order valence-corrected chi connectivity index (χ1v) is 12.9. The van der Waals surface area contributed by atoms with Crippen LogP contribution in [0.5, 0.6) is 0 Å². The molecule has 1 saturated carbocycles. The Kier molecular flexibility index (Phi) is 6.23. The van der Waals surface area contributed by atoms with Crippen molar-refractivity contribution in [1.29, 1.82) is 0 Å². The fourth-order valence-corrected chi connectivity index (χ4v) is 6.60. The minimum atomic E-state index is -5.74. The van der Waals surface area contributed by atoms with E-state index in [4.69, 9.17) is 19.0 Å². The lowest BCUT2D eigenvalue weighted by molar-refractivity contribution is -0.0619. The number of hydrogen-bond acceptors (Lipinski definition) is 11. The third-order valence-electron chi connectivity index (χ3n) is 4.86. The van der Waals surface area contributed by atoms with Crippen LogP contribution in [-0.2, 0) is 31.6 Å². The maximum absolute atomic E-state index is 12.2. The SMILES string of the molecule is C=N[C@]1(C)[C@H](O)C2(CC2OP(=O)(O)OP(=O)(O)OP(=O)(O)O)O[C@H]1n1ccc(=O)[nH]c1=O. The fraction of sp³-hybridized carbons (Fsp3) is 0.583. The van der Waals surface area contributed by atoms with Crippen molar-refractivity contribution in [2.75, 3.05) is 0 Å². The first-order chi connectivity index (χ1) is 14.4. The van der Waals surface area contributed by atoms with Gasteiger partial charge in [0.2, 0.25) is 0 Å². The number of aliphatic hydroxyl groups excluding tert-OH is 1. The number of phosphoric ester groups is 1. The van der Waals surface area contributed by atoms with Gasteiger partial charge in [0, 0.05) is 18.7 Å². The molecule has 1 saturated heterocycles. The molecule has 2 aliphatic rings. The average molecular weight is 521 g/mol. The van der Waals surface area contributed by atoms with Gasteiger partial charge < -0.3 is 29.4 Å². The van der Waals surface area contributed by atoms with Crippen LogP contribution in [0.3, 0.4) is 0 Å². The summed E-state index contributed by atoms with van der Waals surface area (Å²) >= 11 is 0. The molecule has 0 aromatic carbocycles. The van der Waals surface area contributed by atoms with Gasteiger partial charge in [0.25, 0.3) is 5.56 Å². The summed E-state index contributed by atoms with van der Waals surface area (Å²) in [6.45, 7) is 4.71. The van der Waals surface area contributed by atoms with Crippen LogP contribution in [0.15, 0.2) is 26.8 Å². The number of aliphatic hydroxyl groups is 1. The number of nitrogens with one attached hydrogen (secondary N) is 1. The first kappa shape index (κ1) is 25.3. The van der Waals surface area contributed by atoms with Gasteiger partial charge in [-0.3, -0.25) is 23.9 Å². The lowest BCUT2D eigenvalue weighted by Crippen LogP contribution is -2.46. The standard InChI is InChI=1S/C12H18N3O14P3/c1-11(13-2)8(17)12(26-9(11)15-4-3-7(16)14-10(15)18)5-6(12)27-31(22,23)29-32(24,25)28-30(19,20)21/h3-4,6,8-9,17H,2,5H2,1H3,(H,22,23)(H,24,25)(H,14,16,18)(H2,19,20,21)/t6?,8-,9+,11+,12?/m0/s1. The molecule has 1 aromatic rings. The average Bonchev–Trinajstić information content (AvgIpc) is 3.22. The Hall–Kier alpha value is -1.32. The van der Waals surface area contributed by atoms with E-state index >= 15 is 0 Å². The normalized spacial score (nSPS) is 35.9. The van der Waals surface area contributed by atoms with E-state index in [0.717, 1.165) is 16.8 Å². The highest BCUT2D eigenvalue weighted by molar-refractivity contribution is 7.66. The molecule has 0 radical (unpaired) electrons. The van der Waals surface area contributed by atoms with Gasteiger partial charge in [0.1, 0.15) is 23.3 Å². The molecule has 2 fully saturated rings. The van der Waals surface area contributed by atoms with Crippen LogP contribution in [0, 0.1) is 0 Å². The smallest absolute Gasteiger partial charge is 0.387 e. The fourth-order valence-electron chi connectivity index (χ4n) is 3.36. The van der Waals surface area contributed by atoms with E-state index in [1.54, 1.807) is 0 Å². The molecule has 0 amide bonds. The molecule has 180 valence electrons. The molecule has 20 heteroatoms. The zero-order valence-electron chi connectivity index (χ0n) is 15.9. The van der Waals surface area contributed by atoms with Crippen LogP contribution >= 0.6 is 23.5 Å². The van der Waals surface area contributed by atoms with Gasteiger partial charge in [-0.1, -0.05) is 0 Å².